The molecule has 0 amide bonds. The summed E-state index contributed by atoms with van der Waals surface area (Å²) >= 11 is 7.04. The van der Waals surface area contributed by atoms with Gasteiger partial charge in [-0.05, 0) is 54.0 Å². The predicted octanol–water partition coefficient (Wildman–Crippen LogP) is 5.79. The molecule has 228 valence electrons. The van der Waals surface area contributed by atoms with Crippen LogP contribution in [0, 0.1) is 0 Å². The van der Waals surface area contributed by atoms with E-state index in [1.165, 1.54) is 0 Å². The van der Waals surface area contributed by atoms with Crippen molar-refractivity contribution in [1.29, 1.82) is 0 Å². The summed E-state index contributed by atoms with van der Waals surface area (Å²) < 4.78 is 1.92. The number of nitrogens with two attached hydrogens (primary N) is 2. The Morgan fingerprint density at radius 1 is 0.565 bits per heavy atom. The van der Waals surface area contributed by atoms with Crippen molar-refractivity contribution in [2.45, 2.75) is 0 Å². The van der Waals surface area contributed by atoms with Crippen molar-refractivity contribution in [3.63, 3.8) is 0 Å². The zero-order chi connectivity index (χ0) is 32.5. The standard InChI is InChI=1S/C17H13BBrN3.C11H9BBrNO2.C6H8N2/c19-14-8-2-1-6-12(14)17-13(7-5-11-20-17)18-21-15-9-3-4-10-16(15)22-18;13-10-6-2-1-4-8(10)11-9(12(15)16)5-3-7-14-11;7-5-3-1-2-4-6(5)8/h1-11,21-22H;1-7,15-16H;1-4H,7-8H2. The summed E-state index contributed by atoms with van der Waals surface area (Å²) in [5, 5.41) is 25.5. The molecule has 0 aliphatic carbocycles. The molecule has 0 spiro atoms. The van der Waals surface area contributed by atoms with Crippen LogP contribution in [0.1, 0.15) is 0 Å². The highest BCUT2D eigenvalue weighted by molar-refractivity contribution is 9.11. The van der Waals surface area contributed by atoms with E-state index >= 15 is 0 Å². The van der Waals surface area contributed by atoms with Crippen LogP contribution in [0.3, 0.4) is 0 Å². The maximum absolute atomic E-state index is 9.26. The number of hydrogen-bond donors (Lipinski definition) is 6. The van der Waals surface area contributed by atoms with Crippen molar-refractivity contribution in [2.24, 2.45) is 0 Å². The van der Waals surface area contributed by atoms with Gasteiger partial charge in [0.2, 0.25) is 0 Å². The van der Waals surface area contributed by atoms with Crippen molar-refractivity contribution in [3.05, 3.63) is 143 Å². The lowest BCUT2D eigenvalue weighted by molar-refractivity contribution is 0.426. The summed E-state index contributed by atoms with van der Waals surface area (Å²) in [5.74, 6) is 0. The first-order valence-electron chi connectivity index (χ1n) is 14.3. The van der Waals surface area contributed by atoms with Gasteiger partial charge in [-0.15, -0.1) is 0 Å². The van der Waals surface area contributed by atoms with Crippen LogP contribution in [0.4, 0.5) is 22.7 Å². The zero-order valence-corrected chi connectivity index (χ0v) is 27.7. The number of halogens is 2. The summed E-state index contributed by atoms with van der Waals surface area (Å²) in [6.07, 6.45) is 3.46. The zero-order valence-electron chi connectivity index (χ0n) is 24.6. The Hall–Kier alpha value is -4.61. The molecular weight excluding hydrogens is 706 g/mol. The Bertz CT molecular complexity index is 1890. The number of pyridine rings is 2. The van der Waals surface area contributed by atoms with Crippen molar-refractivity contribution < 1.29 is 10.0 Å². The smallest absolute Gasteiger partial charge is 0.423 e. The topological polar surface area (TPSA) is 142 Å². The van der Waals surface area contributed by atoms with Gasteiger partial charge in [0.1, 0.15) is 0 Å². The van der Waals surface area contributed by atoms with Crippen LogP contribution in [0.15, 0.2) is 143 Å². The average molecular weight is 736 g/mol. The van der Waals surface area contributed by atoms with Crippen LogP contribution in [0.2, 0.25) is 0 Å². The summed E-state index contributed by atoms with van der Waals surface area (Å²) in [4.78, 5) is 8.79. The fourth-order valence-corrected chi connectivity index (χ4v) is 5.73. The number of anilines is 4. The van der Waals surface area contributed by atoms with E-state index in [9.17, 15) is 10.0 Å². The lowest BCUT2D eigenvalue weighted by Crippen LogP contribution is -2.43. The van der Waals surface area contributed by atoms with Crippen molar-refractivity contribution >= 4 is 79.6 Å². The molecule has 8 N–H and O–H groups in total. The second-order valence-electron chi connectivity index (χ2n) is 10.1. The minimum Gasteiger partial charge on any atom is -0.423 e. The third kappa shape index (κ3) is 7.96. The van der Waals surface area contributed by atoms with E-state index in [2.05, 4.69) is 76.5 Å². The quantitative estimate of drug-likeness (QED) is 0.0989. The monoisotopic (exact) mass is 734 g/mol. The van der Waals surface area contributed by atoms with Gasteiger partial charge in [0.05, 0.1) is 22.8 Å². The molecule has 1 aliphatic heterocycles. The van der Waals surface area contributed by atoms with Gasteiger partial charge in [-0.25, -0.2) is 0 Å². The Balaban J connectivity index is 0.000000152. The van der Waals surface area contributed by atoms with Gasteiger partial charge in [-0.2, -0.15) is 0 Å². The Morgan fingerprint density at radius 2 is 1.02 bits per heavy atom. The number of hydrogen-bond acceptors (Lipinski definition) is 8. The highest BCUT2D eigenvalue weighted by atomic mass is 79.9. The molecule has 7 rings (SSSR count). The molecule has 2 aromatic heterocycles. The number of nitrogens with zero attached hydrogens (tertiary/aromatic N) is 2. The number of fused-ring (bicyclic) bond motifs is 1. The van der Waals surface area contributed by atoms with Gasteiger partial charge < -0.3 is 32.0 Å². The highest BCUT2D eigenvalue weighted by Gasteiger charge is 2.29. The van der Waals surface area contributed by atoms with Gasteiger partial charge in [0.25, 0.3) is 0 Å². The van der Waals surface area contributed by atoms with E-state index in [1.807, 2.05) is 79.0 Å². The van der Waals surface area contributed by atoms with Crippen LogP contribution < -0.4 is 32.8 Å². The Morgan fingerprint density at radius 3 is 1.54 bits per heavy atom. The minimum absolute atomic E-state index is 0.0215. The van der Waals surface area contributed by atoms with Crippen LogP contribution in [-0.4, -0.2) is 34.1 Å². The maximum atomic E-state index is 9.26. The van der Waals surface area contributed by atoms with Crippen molar-refractivity contribution in [3.8, 4) is 22.5 Å². The fourth-order valence-electron chi connectivity index (χ4n) is 4.78. The second kappa shape index (κ2) is 15.6. The number of para-hydroxylation sites is 4. The van der Waals surface area contributed by atoms with Gasteiger partial charge in [-0.1, -0.05) is 105 Å². The van der Waals surface area contributed by atoms with Crippen LogP contribution in [0.25, 0.3) is 22.5 Å². The van der Waals surface area contributed by atoms with E-state index < -0.39 is 7.12 Å². The molecule has 6 aromatic rings. The molecule has 0 radical (unpaired) electrons. The first-order valence-corrected chi connectivity index (χ1v) is 15.9. The van der Waals surface area contributed by atoms with Gasteiger partial charge >= 0.3 is 14.1 Å². The largest absolute Gasteiger partial charge is 0.490 e. The minimum atomic E-state index is -1.52. The van der Waals surface area contributed by atoms with E-state index in [0.717, 1.165) is 42.6 Å². The van der Waals surface area contributed by atoms with E-state index in [-0.39, 0.29) is 6.98 Å². The molecule has 8 nitrogen and oxygen atoms in total. The van der Waals surface area contributed by atoms with Crippen LogP contribution in [0.5, 0.6) is 0 Å². The van der Waals surface area contributed by atoms with E-state index in [4.69, 9.17) is 11.5 Å². The number of nitrogen functional groups attached to an aromatic ring is 2. The molecule has 46 heavy (non-hydrogen) atoms. The summed E-state index contributed by atoms with van der Waals surface area (Å²) in [6, 6.07) is 38.6. The molecule has 12 heteroatoms. The van der Waals surface area contributed by atoms with Crippen LogP contribution >= 0.6 is 31.9 Å². The molecule has 0 unspecified atom stereocenters. The fraction of sp³-hybridized carbons (Fsp3) is 0. The van der Waals surface area contributed by atoms with Gasteiger partial charge in [-0.3, -0.25) is 9.97 Å². The molecule has 0 bridgehead atoms. The molecule has 3 heterocycles. The summed E-state index contributed by atoms with van der Waals surface area (Å²) in [7, 11) is -1.52. The van der Waals surface area contributed by atoms with Gasteiger partial charge in [0.15, 0.2) is 0 Å². The van der Waals surface area contributed by atoms with E-state index in [1.54, 1.807) is 30.5 Å². The normalized spacial score (nSPS) is 11.1. The van der Waals surface area contributed by atoms with Crippen molar-refractivity contribution in [2.75, 3.05) is 21.9 Å². The SMILES string of the molecule is Brc1ccccc1-c1ncccc1B1Nc2ccccc2N1.Nc1ccccc1N.OB(O)c1cccnc1-c1ccccc1Br. The molecule has 0 saturated carbocycles. The highest BCUT2D eigenvalue weighted by Crippen LogP contribution is 2.30. The maximum Gasteiger partial charge on any atom is 0.490 e. The molecule has 0 fully saturated rings. The van der Waals surface area contributed by atoms with Gasteiger partial charge in [0, 0.05) is 49.3 Å². The molecule has 0 atom stereocenters. The number of benzene rings is 4. The number of rotatable bonds is 4. The molecule has 0 saturated heterocycles. The lowest BCUT2D eigenvalue weighted by atomic mass is 9.67. The Labute approximate surface area is 285 Å². The summed E-state index contributed by atoms with van der Waals surface area (Å²) in [5.41, 5.74) is 19.3. The van der Waals surface area contributed by atoms with Crippen molar-refractivity contribution in [1.82, 2.24) is 9.97 Å². The molecule has 1 aliphatic rings. The van der Waals surface area contributed by atoms with E-state index in [0.29, 0.717) is 22.5 Å². The predicted molar refractivity (Wildman–Crippen MR) is 199 cm³/mol. The lowest BCUT2D eigenvalue weighted by Gasteiger charge is -2.13. The third-order valence-corrected chi connectivity index (χ3v) is 8.43. The Kier molecular flexibility index (Phi) is 11.1. The third-order valence-electron chi connectivity index (χ3n) is 7.05. The first kappa shape index (κ1) is 32.8. The molecule has 4 aromatic carbocycles. The molecular formula is C34H30B2Br2N6O2. The number of nitrogens with one attached hydrogen (secondary N) is 2. The second-order valence-corrected chi connectivity index (χ2v) is 11.8. The van der Waals surface area contributed by atoms with Crippen LogP contribution in [-0.2, 0) is 0 Å². The number of aromatic nitrogens is 2. The average Bonchev–Trinajstić information content (AvgIpc) is 3.52. The first-order chi connectivity index (χ1) is 22.3. The summed E-state index contributed by atoms with van der Waals surface area (Å²) in [6.45, 7) is 0.0215.